The minimum Gasteiger partial charge on any atom is -0.497 e. The average molecular weight is 474 g/mol. The van der Waals surface area contributed by atoms with E-state index in [0.717, 1.165) is 68.0 Å². The first-order chi connectivity index (χ1) is 16.1. The summed E-state index contributed by atoms with van der Waals surface area (Å²) in [5, 5.41) is 12.7. The van der Waals surface area contributed by atoms with E-state index in [0.29, 0.717) is 12.3 Å². The largest absolute Gasteiger partial charge is 0.497 e. The van der Waals surface area contributed by atoms with Gasteiger partial charge in [0.15, 0.2) is 11.0 Å². The molecule has 0 bridgehead atoms. The average Bonchev–Trinajstić information content (AvgIpc) is 3.30. The van der Waals surface area contributed by atoms with Gasteiger partial charge >= 0.3 is 0 Å². The van der Waals surface area contributed by atoms with Crippen LogP contribution in [0, 0.1) is 0 Å². The number of carbonyl (C=O) groups is 1. The molecule has 1 aromatic heterocycles. The van der Waals surface area contributed by atoms with E-state index < -0.39 is 0 Å². The smallest absolute Gasteiger partial charge is 0.230 e. The van der Waals surface area contributed by atoms with Gasteiger partial charge in [0.05, 0.1) is 26.1 Å². The second-order valence-electron chi connectivity index (χ2n) is 8.73. The highest BCUT2D eigenvalue weighted by molar-refractivity contribution is 7.99. The first-order valence-corrected chi connectivity index (χ1v) is 12.9. The Morgan fingerprint density at radius 3 is 2.55 bits per heavy atom. The lowest BCUT2D eigenvalue weighted by atomic mass is 9.79. The SMILES string of the molecule is CCn1c(SCC(=O)NCC2(N3CCOCC3)CCCCC2)nnc1-c1ccc(OC)cc1. The molecule has 9 heteroatoms. The third-order valence-corrected chi connectivity index (χ3v) is 7.76. The summed E-state index contributed by atoms with van der Waals surface area (Å²) in [6.45, 7) is 7.00. The molecule has 2 aromatic rings. The van der Waals surface area contributed by atoms with Crippen molar-refractivity contribution in [3.8, 4) is 17.1 Å². The van der Waals surface area contributed by atoms with Gasteiger partial charge in [-0.15, -0.1) is 10.2 Å². The van der Waals surface area contributed by atoms with Crippen molar-refractivity contribution in [1.82, 2.24) is 25.0 Å². The van der Waals surface area contributed by atoms with Gasteiger partial charge in [0.1, 0.15) is 5.75 Å². The lowest BCUT2D eigenvalue weighted by molar-refractivity contribution is -0.119. The lowest BCUT2D eigenvalue weighted by Gasteiger charge is -2.48. The molecule has 1 saturated heterocycles. The van der Waals surface area contributed by atoms with E-state index in [1.807, 2.05) is 24.3 Å². The topological polar surface area (TPSA) is 81.5 Å². The van der Waals surface area contributed by atoms with E-state index in [9.17, 15) is 4.79 Å². The summed E-state index contributed by atoms with van der Waals surface area (Å²) in [5.74, 6) is 1.99. The molecular weight excluding hydrogens is 438 g/mol. The van der Waals surface area contributed by atoms with Crippen molar-refractivity contribution in [2.45, 2.75) is 56.3 Å². The fourth-order valence-corrected chi connectivity index (χ4v) is 5.76. The first kappa shape index (κ1) is 24.0. The minimum atomic E-state index is 0.0508. The van der Waals surface area contributed by atoms with Crippen molar-refractivity contribution in [3.63, 3.8) is 0 Å². The summed E-state index contributed by atoms with van der Waals surface area (Å²) < 4.78 is 12.9. The van der Waals surface area contributed by atoms with Crippen LogP contribution in [0.4, 0.5) is 0 Å². The second kappa shape index (κ2) is 11.4. The zero-order chi connectivity index (χ0) is 23.1. The number of ether oxygens (including phenoxy) is 2. The standard InChI is InChI=1S/C24H35N5O3S/c1-3-29-22(19-7-9-20(31-2)10-8-19)26-27-23(29)33-17-21(30)25-18-24(11-5-4-6-12-24)28-13-15-32-16-14-28/h7-10H,3-6,11-18H2,1-2H3,(H,25,30). The molecule has 1 N–H and O–H groups in total. The maximum atomic E-state index is 12.8. The van der Waals surface area contributed by atoms with E-state index in [-0.39, 0.29) is 11.4 Å². The quantitative estimate of drug-likeness (QED) is 0.560. The predicted octanol–water partition coefficient (Wildman–Crippen LogP) is 3.22. The molecular formula is C24H35N5O3S. The van der Waals surface area contributed by atoms with Gasteiger partial charge in [-0.3, -0.25) is 9.69 Å². The van der Waals surface area contributed by atoms with Crippen LogP contribution in [-0.4, -0.2) is 76.8 Å². The highest BCUT2D eigenvalue weighted by Gasteiger charge is 2.38. The fourth-order valence-electron chi connectivity index (χ4n) is 4.93. The zero-order valence-corrected chi connectivity index (χ0v) is 20.5. The highest BCUT2D eigenvalue weighted by Crippen LogP contribution is 2.34. The Labute approximate surface area is 200 Å². The van der Waals surface area contributed by atoms with Gasteiger partial charge in [-0.25, -0.2) is 0 Å². The monoisotopic (exact) mass is 473 g/mol. The predicted molar refractivity (Wildman–Crippen MR) is 130 cm³/mol. The summed E-state index contributed by atoms with van der Waals surface area (Å²) in [5.41, 5.74) is 1.05. The first-order valence-electron chi connectivity index (χ1n) is 11.9. The molecule has 2 aliphatic rings. The normalized spacial score (nSPS) is 18.7. The molecule has 0 atom stereocenters. The van der Waals surface area contributed by atoms with Crippen LogP contribution in [0.15, 0.2) is 29.4 Å². The Bertz CT molecular complexity index is 905. The maximum Gasteiger partial charge on any atom is 0.230 e. The van der Waals surface area contributed by atoms with Crippen LogP contribution in [0.2, 0.25) is 0 Å². The number of carbonyl (C=O) groups excluding carboxylic acids is 1. The third kappa shape index (κ3) is 5.70. The number of rotatable bonds is 9. The highest BCUT2D eigenvalue weighted by atomic mass is 32.2. The molecule has 4 rings (SSSR count). The van der Waals surface area contributed by atoms with Crippen LogP contribution in [-0.2, 0) is 16.1 Å². The number of thioether (sulfide) groups is 1. The van der Waals surface area contributed by atoms with Crippen molar-refractivity contribution >= 4 is 17.7 Å². The molecule has 1 aliphatic carbocycles. The van der Waals surface area contributed by atoms with Gasteiger partial charge in [0.25, 0.3) is 0 Å². The molecule has 180 valence electrons. The van der Waals surface area contributed by atoms with Crippen molar-refractivity contribution in [2.75, 3.05) is 45.7 Å². The van der Waals surface area contributed by atoms with Gasteiger partial charge in [-0.05, 0) is 44.0 Å². The summed E-state index contributed by atoms with van der Waals surface area (Å²) in [6, 6.07) is 7.79. The minimum absolute atomic E-state index is 0.0508. The van der Waals surface area contributed by atoms with Crippen molar-refractivity contribution in [2.24, 2.45) is 0 Å². The third-order valence-electron chi connectivity index (χ3n) is 6.79. The number of morpholine rings is 1. The van der Waals surface area contributed by atoms with E-state index in [2.05, 4.69) is 31.9 Å². The summed E-state index contributed by atoms with van der Waals surface area (Å²) in [6.07, 6.45) is 6.05. The molecule has 2 heterocycles. The van der Waals surface area contributed by atoms with Crippen LogP contribution in [0.3, 0.4) is 0 Å². The van der Waals surface area contributed by atoms with Crippen LogP contribution in [0.1, 0.15) is 39.0 Å². The van der Waals surface area contributed by atoms with Crippen LogP contribution < -0.4 is 10.1 Å². The fraction of sp³-hybridized carbons (Fsp3) is 0.625. The van der Waals surface area contributed by atoms with Crippen LogP contribution in [0.25, 0.3) is 11.4 Å². The summed E-state index contributed by atoms with van der Waals surface area (Å²) >= 11 is 1.44. The number of benzene rings is 1. The Hall–Kier alpha value is -2.10. The number of hydrogen-bond donors (Lipinski definition) is 1. The van der Waals surface area contributed by atoms with Gasteiger partial charge in [-0.2, -0.15) is 0 Å². The molecule has 1 saturated carbocycles. The Balaban J connectivity index is 1.35. The molecule has 2 fully saturated rings. The molecule has 1 aliphatic heterocycles. The second-order valence-corrected chi connectivity index (χ2v) is 9.67. The van der Waals surface area contributed by atoms with Crippen molar-refractivity contribution in [1.29, 1.82) is 0 Å². The summed E-state index contributed by atoms with van der Waals surface area (Å²) in [7, 11) is 1.65. The van der Waals surface area contributed by atoms with Crippen molar-refractivity contribution in [3.05, 3.63) is 24.3 Å². The van der Waals surface area contributed by atoms with E-state index in [4.69, 9.17) is 9.47 Å². The molecule has 1 amide bonds. The molecule has 33 heavy (non-hydrogen) atoms. The molecule has 0 unspecified atom stereocenters. The van der Waals surface area contributed by atoms with Crippen LogP contribution >= 0.6 is 11.8 Å². The van der Waals surface area contributed by atoms with E-state index in [1.54, 1.807) is 7.11 Å². The number of hydrogen-bond acceptors (Lipinski definition) is 7. The Kier molecular flexibility index (Phi) is 8.27. The van der Waals surface area contributed by atoms with Crippen LogP contribution in [0.5, 0.6) is 5.75 Å². The van der Waals surface area contributed by atoms with E-state index in [1.165, 1.54) is 31.0 Å². The number of nitrogens with zero attached hydrogens (tertiary/aromatic N) is 4. The summed E-state index contributed by atoms with van der Waals surface area (Å²) in [4.78, 5) is 15.3. The van der Waals surface area contributed by atoms with E-state index >= 15 is 0 Å². The lowest BCUT2D eigenvalue weighted by Crippen LogP contribution is -2.59. The number of aromatic nitrogens is 3. The van der Waals surface area contributed by atoms with Gasteiger partial charge in [0, 0.05) is 37.3 Å². The maximum absolute atomic E-state index is 12.8. The number of methoxy groups -OCH3 is 1. The number of amides is 1. The number of nitrogens with one attached hydrogen (secondary N) is 1. The van der Waals surface area contributed by atoms with Crippen molar-refractivity contribution < 1.29 is 14.3 Å². The van der Waals surface area contributed by atoms with Gasteiger partial charge in [0.2, 0.25) is 5.91 Å². The zero-order valence-electron chi connectivity index (χ0n) is 19.7. The molecule has 0 spiro atoms. The Morgan fingerprint density at radius 2 is 1.88 bits per heavy atom. The molecule has 0 radical (unpaired) electrons. The molecule has 1 aromatic carbocycles. The molecule has 8 nitrogen and oxygen atoms in total. The Morgan fingerprint density at radius 1 is 1.15 bits per heavy atom. The van der Waals surface area contributed by atoms with Gasteiger partial charge < -0.3 is 19.4 Å². The van der Waals surface area contributed by atoms with Gasteiger partial charge in [-0.1, -0.05) is 31.0 Å².